The smallest absolute Gasteiger partial charge is 0.325 e. The number of likely N-dealkylation sites (tertiary alicyclic amines) is 1. The number of hydrogen-bond donors (Lipinski definition) is 2. The summed E-state index contributed by atoms with van der Waals surface area (Å²) in [7, 11) is 0. The van der Waals surface area contributed by atoms with Crippen molar-refractivity contribution < 1.29 is 24.4 Å². The van der Waals surface area contributed by atoms with Crippen molar-refractivity contribution >= 4 is 34.2 Å². The molecule has 9 nitrogen and oxygen atoms in total. The first kappa shape index (κ1) is 24.6. The molecular weight excluding hydrogens is 474 g/mol. The largest absolute Gasteiger partial charge is 0.480 e. The molecule has 190 valence electrons. The number of benzene rings is 3. The second-order valence-corrected chi connectivity index (χ2v) is 10.8. The van der Waals surface area contributed by atoms with Gasteiger partial charge in [-0.15, -0.1) is 0 Å². The molecule has 0 saturated carbocycles. The van der Waals surface area contributed by atoms with Crippen molar-refractivity contribution in [1.29, 1.82) is 0 Å². The number of carbonyl (C=O) groups excluding carboxylic acids is 2. The van der Waals surface area contributed by atoms with E-state index in [4.69, 9.17) is 0 Å². The number of carboxylic acids is 1. The van der Waals surface area contributed by atoms with E-state index < -0.39 is 51.7 Å². The van der Waals surface area contributed by atoms with Crippen LogP contribution in [-0.2, 0) is 20.8 Å². The fourth-order valence-corrected chi connectivity index (χ4v) is 5.95. The van der Waals surface area contributed by atoms with Gasteiger partial charge in [0.1, 0.15) is 5.54 Å². The van der Waals surface area contributed by atoms with E-state index in [9.17, 15) is 29.6 Å². The number of nitro benzene ring substituents is 1. The third-order valence-electron chi connectivity index (χ3n) is 7.50. The highest BCUT2D eigenvalue weighted by Crippen LogP contribution is 2.52. The Morgan fingerprint density at radius 1 is 1.03 bits per heavy atom. The fraction of sp³-hybridized carbons (Fsp3) is 0.321. The Kier molecular flexibility index (Phi) is 5.64. The van der Waals surface area contributed by atoms with E-state index in [2.05, 4.69) is 5.32 Å². The van der Waals surface area contributed by atoms with Crippen LogP contribution in [0.3, 0.4) is 0 Å². The molecule has 0 radical (unpaired) electrons. The average Bonchev–Trinajstić information content (AvgIpc) is 3.33. The lowest BCUT2D eigenvalue weighted by molar-refractivity contribution is -0.384. The Morgan fingerprint density at radius 3 is 2.30 bits per heavy atom. The SMILES string of the molecule is CC(C)(C)N1C(=O)C2C(c3cccc4ccccc34)NC(Cc3ccc([N+](=O)[O-])cc3)(C(=O)O)C2C1=O. The number of carbonyl (C=O) groups is 3. The van der Waals surface area contributed by atoms with Gasteiger partial charge in [-0.05, 0) is 42.7 Å². The van der Waals surface area contributed by atoms with Crippen LogP contribution in [0.5, 0.6) is 0 Å². The van der Waals surface area contributed by atoms with Crippen molar-refractivity contribution in [2.75, 3.05) is 0 Å². The molecule has 37 heavy (non-hydrogen) atoms. The van der Waals surface area contributed by atoms with Crippen LogP contribution < -0.4 is 5.32 Å². The quantitative estimate of drug-likeness (QED) is 0.308. The van der Waals surface area contributed by atoms with Crippen molar-refractivity contribution in [2.45, 2.75) is 44.3 Å². The van der Waals surface area contributed by atoms with Gasteiger partial charge in [-0.25, -0.2) is 0 Å². The topological polar surface area (TPSA) is 130 Å². The molecule has 2 saturated heterocycles. The molecular formula is C28H27N3O6. The van der Waals surface area contributed by atoms with Gasteiger partial charge in [-0.1, -0.05) is 54.6 Å². The van der Waals surface area contributed by atoms with E-state index >= 15 is 0 Å². The molecule has 2 aliphatic heterocycles. The molecule has 4 unspecified atom stereocenters. The van der Waals surface area contributed by atoms with Crippen LogP contribution in [0, 0.1) is 22.0 Å². The minimum absolute atomic E-state index is 0.120. The second-order valence-electron chi connectivity index (χ2n) is 10.8. The van der Waals surface area contributed by atoms with Gasteiger partial charge in [0.25, 0.3) is 5.69 Å². The van der Waals surface area contributed by atoms with Gasteiger partial charge in [0.2, 0.25) is 11.8 Å². The monoisotopic (exact) mass is 501 g/mol. The summed E-state index contributed by atoms with van der Waals surface area (Å²) in [6.45, 7) is 5.26. The third kappa shape index (κ3) is 3.77. The zero-order valence-corrected chi connectivity index (χ0v) is 20.7. The first-order valence-electron chi connectivity index (χ1n) is 12.1. The Morgan fingerprint density at radius 2 is 1.68 bits per heavy atom. The lowest BCUT2D eigenvalue weighted by Gasteiger charge is -2.35. The van der Waals surface area contributed by atoms with Crippen molar-refractivity contribution in [2.24, 2.45) is 11.8 Å². The normalized spacial score (nSPS) is 25.5. The first-order valence-corrected chi connectivity index (χ1v) is 12.1. The molecule has 3 aromatic carbocycles. The van der Waals surface area contributed by atoms with Gasteiger partial charge in [0.05, 0.1) is 16.8 Å². The van der Waals surface area contributed by atoms with Crippen LogP contribution in [0.2, 0.25) is 0 Å². The highest BCUT2D eigenvalue weighted by atomic mass is 16.6. The minimum Gasteiger partial charge on any atom is -0.480 e. The molecule has 2 amide bonds. The Labute approximate surface area is 213 Å². The summed E-state index contributed by atoms with van der Waals surface area (Å²) >= 11 is 0. The van der Waals surface area contributed by atoms with Gasteiger partial charge in [0.15, 0.2) is 0 Å². The van der Waals surface area contributed by atoms with Crippen molar-refractivity contribution in [3.63, 3.8) is 0 Å². The lowest BCUT2D eigenvalue weighted by Crippen LogP contribution is -2.58. The molecule has 0 bridgehead atoms. The molecule has 0 aliphatic carbocycles. The average molecular weight is 502 g/mol. The zero-order valence-electron chi connectivity index (χ0n) is 20.7. The minimum atomic E-state index is -1.80. The third-order valence-corrected chi connectivity index (χ3v) is 7.50. The maximum atomic E-state index is 13.9. The van der Waals surface area contributed by atoms with Gasteiger partial charge in [-0.2, -0.15) is 0 Å². The molecule has 9 heteroatoms. The first-order chi connectivity index (χ1) is 17.5. The summed E-state index contributed by atoms with van der Waals surface area (Å²) in [5.74, 6) is -4.26. The summed E-state index contributed by atoms with van der Waals surface area (Å²) < 4.78 is 0. The summed E-state index contributed by atoms with van der Waals surface area (Å²) in [5.41, 5.74) is -1.50. The number of nitro groups is 1. The van der Waals surface area contributed by atoms with E-state index in [-0.39, 0.29) is 12.1 Å². The number of amides is 2. The molecule has 0 spiro atoms. The van der Waals surface area contributed by atoms with E-state index in [0.717, 1.165) is 16.3 Å². The fourth-order valence-electron chi connectivity index (χ4n) is 5.95. The van der Waals surface area contributed by atoms with Crippen LogP contribution in [0.4, 0.5) is 5.69 Å². The molecule has 4 atom stereocenters. The van der Waals surface area contributed by atoms with Crippen LogP contribution in [-0.4, -0.2) is 43.8 Å². The van der Waals surface area contributed by atoms with Crippen LogP contribution in [0.25, 0.3) is 10.8 Å². The van der Waals surface area contributed by atoms with Crippen molar-refractivity contribution in [3.05, 3.63) is 88.0 Å². The van der Waals surface area contributed by atoms with Crippen LogP contribution in [0.15, 0.2) is 66.7 Å². The summed E-state index contributed by atoms with van der Waals surface area (Å²) in [5, 5.41) is 26.8. The number of nitrogens with one attached hydrogen (secondary N) is 1. The Bertz CT molecular complexity index is 1440. The number of hydrogen-bond acceptors (Lipinski definition) is 6. The molecule has 2 heterocycles. The molecule has 5 rings (SSSR count). The van der Waals surface area contributed by atoms with Crippen LogP contribution in [0.1, 0.15) is 37.9 Å². The molecule has 3 aromatic rings. The number of imide groups is 1. The Balaban J connectivity index is 1.68. The van der Waals surface area contributed by atoms with Gasteiger partial charge >= 0.3 is 5.97 Å². The highest BCUT2D eigenvalue weighted by molar-refractivity contribution is 6.10. The summed E-state index contributed by atoms with van der Waals surface area (Å²) in [6, 6.07) is 18.2. The van der Waals surface area contributed by atoms with E-state index in [1.165, 1.54) is 29.2 Å². The van der Waals surface area contributed by atoms with Crippen molar-refractivity contribution in [1.82, 2.24) is 10.2 Å². The molecule has 2 aliphatic rings. The zero-order chi connectivity index (χ0) is 26.7. The summed E-state index contributed by atoms with van der Waals surface area (Å²) in [6.07, 6.45) is -0.125. The van der Waals surface area contributed by atoms with E-state index in [0.29, 0.717) is 5.56 Å². The number of rotatable bonds is 5. The van der Waals surface area contributed by atoms with E-state index in [1.54, 1.807) is 20.8 Å². The maximum absolute atomic E-state index is 13.9. The highest BCUT2D eigenvalue weighted by Gasteiger charge is 2.69. The van der Waals surface area contributed by atoms with Crippen LogP contribution >= 0.6 is 0 Å². The number of carboxylic acid groups (broad SMARTS) is 1. The number of fused-ring (bicyclic) bond motifs is 2. The lowest BCUT2D eigenvalue weighted by atomic mass is 9.76. The summed E-state index contributed by atoms with van der Waals surface area (Å²) in [4.78, 5) is 52.5. The predicted octanol–water partition coefficient (Wildman–Crippen LogP) is 3.86. The predicted molar refractivity (Wildman–Crippen MR) is 136 cm³/mol. The molecule has 2 fully saturated rings. The standard InChI is InChI=1S/C28H27N3O6/c1-27(2,3)30-24(32)21-22(25(30)33)28(26(34)35,15-16-11-13-18(14-12-16)31(36)37)29-23(21)20-10-6-8-17-7-4-5-9-19(17)20/h4-14,21-23,29H,15H2,1-3H3,(H,34,35). The number of nitrogens with zero attached hydrogens (tertiary/aromatic N) is 2. The molecule has 2 N–H and O–H groups in total. The Hall–Kier alpha value is -4.11. The second kappa shape index (κ2) is 8.48. The number of aliphatic carboxylic acids is 1. The van der Waals surface area contributed by atoms with Gasteiger partial charge in [-0.3, -0.25) is 34.7 Å². The van der Waals surface area contributed by atoms with E-state index in [1.807, 2.05) is 42.5 Å². The maximum Gasteiger partial charge on any atom is 0.325 e. The molecule has 0 aromatic heterocycles. The van der Waals surface area contributed by atoms with Gasteiger partial charge in [0, 0.05) is 30.1 Å². The number of non-ortho nitro benzene ring substituents is 1. The van der Waals surface area contributed by atoms with Gasteiger partial charge < -0.3 is 5.11 Å². The van der Waals surface area contributed by atoms with Crippen molar-refractivity contribution in [3.8, 4) is 0 Å².